The number of aryl methyl sites for hydroxylation is 1. The van der Waals surface area contributed by atoms with Gasteiger partial charge in [-0.05, 0) is 43.4 Å². The third kappa shape index (κ3) is 2.88. The van der Waals surface area contributed by atoms with Crippen molar-refractivity contribution in [1.29, 1.82) is 0 Å². The quantitative estimate of drug-likeness (QED) is 0.756. The lowest BCUT2D eigenvalue weighted by molar-refractivity contribution is -0.124. The number of hydrogen-bond acceptors (Lipinski definition) is 2. The molecule has 0 aromatic carbocycles. The molecule has 80 valence electrons. The topological polar surface area (TPSA) is 30.0 Å². The van der Waals surface area contributed by atoms with E-state index < -0.39 is 0 Å². The summed E-state index contributed by atoms with van der Waals surface area (Å²) in [5.74, 6) is 0.808. The van der Waals surface area contributed by atoms with Crippen LogP contribution in [-0.4, -0.2) is 10.8 Å². The first-order valence-corrected chi connectivity index (χ1v) is 5.78. The third-order valence-corrected chi connectivity index (χ3v) is 3.21. The van der Waals surface area contributed by atoms with Gasteiger partial charge in [-0.1, -0.05) is 6.42 Å². The highest BCUT2D eigenvalue weighted by Gasteiger charge is 2.21. The maximum Gasteiger partial charge on any atom is 0.135 e. The molecule has 0 saturated heterocycles. The van der Waals surface area contributed by atoms with Gasteiger partial charge in [0.15, 0.2) is 0 Å². The zero-order valence-corrected chi connectivity index (χ0v) is 8.98. The van der Waals surface area contributed by atoms with Gasteiger partial charge >= 0.3 is 0 Å². The summed E-state index contributed by atoms with van der Waals surface area (Å²) in [6, 6.07) is 4.07. The van der Waals surface area contributed by atoms with E-state index >= 15 is 0 Å². The van der Waals surface area contributed by atoms with E-state index in [1.165, 1.54) is 12.0 Å². The standard InChI is InChI=1S/C13H17NO/c15-13-4-2-1-3-12(13)6-5-11-7-9-14-10-8-11/h7-10,12H,1-6H2/t12-/m1/s1. The summed E-state index contributed by atoms with van der Waals surface area (Å²) in [4.78, 5) is 15.6. The van der Waals surface area contributed by atoms with Crippen LogP contribution in [0.15, 0.2) is 24.5 Å². The number of rotatable bonds is 3. The van der Waals surface area contributed by atoms with Gasteiger partial charge < -0.3 is 0 Å². The summed E-state index contributed by atoms with van der Waals surface area (Å²) in [5.41, 5.74) is 1.29. The summed E-state index contributed by atoms with van der Waals surface area (Å²) in [6.45, 7) is 0. The van der Waals surface area contributed by atoms with Crippen LogP contribution in [0.4, 0.5) is 0 Å². The Labute approximate surface area is 90.7 Å². The molecule has 0 bridgehead atoms. The number of Topliss-reactive ketones (excluding diaryl/α,β-unsaturated/α-hetero) is 1. The lowest BCUT2D eigenvalue weighted by atomic mass is 9.84. The average Bonchev–Trinajstić information content (AvgIpc) is 2.29. The van der Waals surface area contributed by atoms with Gasteiger partial charge in [0.25, 0.3) is 0 Å². The molecule has 1 aliphatic rings. The van der Waals surface area contributed by atoms with Crippen molar-refractivity contribution in [3.63, 3.8) is 0 Å². The van der Waals surface area contributed by atoms with Crippen molar-refractivity contribution in [2.45, 2.75) is 38.5 Å². The summed E-state index contributed by atoms with van der Waals surface area (Å²) in [7, 11) is 0. The fraction of sp³-hybridized carbons (Fsp3) is 0.538. The van der Waals surface area contributed by atoms with E-state index in [0.717, 1.165) is 32.1 Å². The van der Waals surface area contributed by atoms with Crippen LogP contribution in [0.1, 0.15) is 37.7 Å². The van der Waals surface area contributed by atoms with E-state index in [2.05, 4.69) is 4.98 Å². The zero-order chi connectivity index (χ0) is 10.5. The van der Waals surface area contributed by atoms with Gasteiger partial charge in [-0.3, -0.25) is 9.78 Å². The van der Waals surface area contributed by atoms with E-state index in [9.17, 15) is 4.79 Å². The van der Waals surface area contributed by atoms with Crippen molar-refractivity contribution in [2.75, 3.05) is 0 Å². The molecule has 0 radical (unpaired) electrons. The molecule has 1 aromatic rings. The summed E-state index contributed by atoms with van der Waals surface area (Å²) < 4.78 is 0. The van der Waals surface area contributed by atoms with Gasteiger partial charge in [-0.15, -0.1) is 0 Å². The second kappa shape index (κ2) is 5.06. The van der Waals surface area contributed by atoms with Gasteiger partial charge in [-0.25, -0.2) is 0 Å². The molecule has 1 atom stereocenters. The van der Waals surface area contributed by atoms with Crippen LogP contribution >= 0.6 is 0 Å². The van der Waals surface area contributed by atoms with Crippen molar-refractivity contribution in [1.82, 2.24) is 4.98 Å². The maximum absolute atomic E-state index is 11.6. The molecular formula is C13H17NO. The minimum Gasteiger partial charge on any atom is -0.299 e. The van der Waals surface area contributed by atoms with E-state index in [0.29, 0.717) is 11.7 Å². The van der Waals surface area contributed by atoms with Gasteiger partial charge in [0.05, 0.1) is 0 Å². The SMILES string of the molecule is O=C1CCCC[C@@H]1CCc1ccncc1. The molecule has 15 heavy (non-hydrogen) atoms. The monoisotopic (exact) mass is 203 g/mol. The van der Waals surface area contributed by atoms with Crippen LogP contribution in [0.3, 0.4) is 0 Å². The largest absolute Gasteiger partial charge is 0.299 e. The Balaban J connectivity index is 1.85. The lowest BCUT2D eigenvalue weighted by Gasteiger charge is -2.20. The summed E-state index contributed by atoms with van der Waals surface area (Å²) in [5, 5.41) is 0. The van der Waals surface area contributed by atoms with Crippen LogP contribution in [-0.2, 0) is 11.2 Å². The summed E-state index contributed by atoms with van der Waals surface area (Å²) in [6.07, 6.45) is 9.90. The van der Waals surface area contributed by atoms with Crippen LogP contribution in [0.2, 0.25) is 0 Å². The molecule has 2 nitrogen and oxygen atoms in total. The predicted molar refractivity (Wildman–Crippen MR) is 59.5 cm³/mol. The Morgan fingerprint density at radius 3 is 2.80 bits per heavy atom. The first-order chi connectivity index (χ1) is 7.36. The highest BCUT2D eigenvalue weighted by molar-refractivity contribution is 5.81. The molecule has 0 N–H and O–H groups in total. The van der Waals surface area contributed by atoms with Crippen molar-refractivity contribution >= 4 is 5.78 Å². The smallest absolute Gasteiger partial charge is 0.135 e. The Morgan fingerprint density at radius 2 is 2.07 bits per heavy atom. The van der Waals surface area contributed by atoms with Crippen LogP contribution in [0.5, 0.6) is 0 Å². The zero-order valence-electron chi connectivity index (χ0n) is 8.98. The fourth-order valence-corrected chi connectivity index (χ4v) is 2.25. The second-order valence-corrected chi connectivity index (χ2v) is 4.30. The second-order valence-electron chi connectivity index (χ2n) is 4.30. The number of ketones is 1. The van der Waals surface area contributed by atoms with Gasteiger partial charge in [-0.2, -0.15) is 0 Å². The van der Waals surface area contributed by atoms with E-state index in [1.807, 2.05) is 24.5 Å². The predicted octanol–water partition coefficient (Wildman–Crippen LogP) is 2.77. The molecule has 2 rings (SSSR count). The molecular weight excluding hydrogens is 186 g/mol. The number of aromatic nitrogens is 1. The highest BCUT2D eigenvalue weighted by Crippen LogP contribution is 2.24. The molecule has 1 heterocycles. The van der Waals surface area contributed by atoms with E-state index in [1.54, 1.807) is 0 Å². The fourth-order valence-electron chi connectivity index (χ4n) is 2.25. The minimum atomic E-state index is 0.326. The molecule has 0 spiro atoms. The molecule has 1 aromatic heterocycles. The van der Waals surface area contributed by atoms with Gasteiger partial charge in [0.1, 0.15) is 5.78 Å². The third-order valence-electron chi connectivity index (χ3n) is 3.21. The van der Waals surface area contributed by atoms with E-state index in [4.69, 9.17) is 0 Å². The summed E-state index contributed by atoms with van der Waals surface area (Å²) >= 11 is 0. The number of nitrogens with zero attached hydrogens (tertiary/aromatic N) is 1. The molecule has 1 saturated carbocycles. The van der Waals surface area contributed by atoms with Crippen LogP contribution in [0.25, 0.3) is 0 Å². The molecule has 0 unspecified atom stereocenters. The first-order valence-electron chi connectivity index (χ1n) is 5.78. The average molecular weight is 203 g/mol. The Morgan fingerprint density at radius 1 is 1.27 bits per heavy atom. The van der Waals surface area contributed by atoms with Crippen molar-refractivity contribution in [3.05, 3.63) is 30.1 Å². The lowest BCUT2D eigenvalue weighted by Crippen LogP contribution is -2.19. The van der Waals surface area contributed by atoms with Crippen LogP contribution < -0.4 is 0 Å². The minimum absolute atomic E-state index is 0.326. The Bertz CT molecular complexity index is 321. The number of pyridine rings is 1. The number of hydrogen-bond donors (Lipinski definition) is 0. The molecule has 1 aliphatic carbocycles. The highest BCUT2D eigenvalue weighted by atomic mass is 16.1. The Hall–Kier alpha value is -1.18. The van der Waals surface area contributed by atoms with Crippen molar-refractivity contribution < 1.29 is 4.79 Å². The van der Waals surface area contributed by atoms with Gasteiger partial charge in [0, 0.05) is 24.7 Å². The van der Waals surface area contributed by atoms with Crippen LogP contribution in [0, 0.1) is 5.92 Å². The molecule has 0 amide bonds. The molecule has 1 fully saturated rings. The normalized spacial score (nSPS) is 21.6. The number of carbonyl (C=O) groups excluding carboxylic acids is 1. The first kappa shape index (κ1) is 10.3. The Kier molecular flexibility index (Phi) is 3.49. The van der Waals surface area contributed by atoms with Gasteiger partial charge in [0.2, 0.25) is 0 Å². The number of carbonyl (C=O) groups is 1. The van der Waals surface area contributed by atoms with Crippen molar-refractivity contribution in [2.24, 2.45) is 5.92 Å². The molecule has 0 aliphatic heterocycles. The van der Waals surface area contributed by atoms with Crippen molar-refractivity contribution in [3.8, 4) is 0 Å². The van der Waals surface area contributed by atoms with E-state index in [-0.39, 0.29) is 0 Å². The maximum atomic E-state index is 11.6. The molecule has 2 heteroatoms.